The molecule has 7 heteroatoms. The van der Waals surface area contributed by atoms with Gasteiger partial charge >= 0.3 is 5.97 Å². The van der Waals surface area contributed by atoms with E-state index >= 15 is 0 Å². The van der Waals surface area contributed by atoms with Gasteiger partial charge in [0.05, 0.1) is 11.6 Å². The van der Waals surface area contributed by atoms with E-state index in [0.29, 0.717) is 17.0 Å². The maximum absolute atomic E-state index is 12.9. The predicted octanol–water partition coefficient (Wildman–Crippen LogP) is 1.91. The summed E-state index contributed by atoms with van der Waals surface area (Å²) in [5.41, 5.74) is 0.457. The number of fused-ring (bicyclic) bond motifs is 2. The highest BCUT2D eigenvalue weighted by Crippen LogP contribution is 2.43. The minimum atomic E-state index is -0.793. The molecule has 21 heavy (non-hydrogen) atoms. The molecule has 2 fully saturated rings. The molecule has 6 nitrogen and oxygen atoms in total. The maximum atomic E-state index is 12.9. The van der Waals surface area contributed by atoms with E-state index in [2.05, 4.69) is 9.59 Å². The van der Waals surface area contributed by atoms with Gasteiger partial charge in [0.2, 0.25) is 0 Å². The number of carbonyl (C=O) groups is 2. The third kappa shape index (κ3) is 2.23. The van der Waals surface area contributed by atoms with E-state index in [9.17, 15) is 14.7 Å². The van der Waals surface area contributed by atoms with Crippen molar-refractivity contribution in [1.82, 2.24) is 14.5 Å². The van der Waals surface area contributed by atoms with E-state index < -0.39 is 11.9 Å². The fourth-order valence-corrected chi connectivity index (χ4v) is 4.33. The Kier molecular flexibility index (Phi) is 3.27. The minimum Gasteiger partial charge on any atom is -0.481 e. The molecule has 3 unspecified atom stereocenters. The van der Waals surface area contributed by atoms with Gasteiger partial charge in [0, 0.05) is 17.5 Å². The highest BCUT2D eigenvalue weighted by molar-refractivity contribution is 7.08. The summed E-state index contributed by atoms with van der Waals surface area (Å²) < 4.78 is 3.93. The molecule has 2 saturated heterocycles. The number of carbonyl (C=O) groups excluding carboxylic acids is 1. The fraction of sp³-hybridized carbons (Fsp3) is 0.714. The molecule has 0 aliphatic carbocycles. The first-order valence-corrected chi connectivity index (χ1v) is 7.96. The number of hydrogen-bond acceptors (Lipinski definition) is 5. The van der Waals surface area contributed by atoms with E-state index in [0.717, 1.165) is 24.4 Å². The predicted molar refractivity (Wildman–Crippen MR) is 77.3 cm³/mol. The summed E-state index contributed by atoms with van der Waals surface area (Å²) in [6.07, 6.45) is 2.25. The molecule has 1 aromatic heterocycles. The largest absolute Gasteiger partial charge is 0.481 e. The number of aromatic nitrogens is 2. The van der Waals surface area contributed by atoms with Crippen LogP contribution in [0.1, 0.15) is 55.4 Å². The van der Waals surface area contributed by atoms with Gasteiger partial charge in [-0.2, -0.15) is 0 Å². The van der Waals surface area contributed by atoms with Gasteiger partial charge in [0.15, 0.2) is 0 Å². The molecule has 1 aromatic rings. The van der Waals surface area contributed by atoms with Crippen molar-refractivity contribution in [3.63, 3.8) is 0 Å². The number of aliphatic carboxylic acids is 1. The quantitative estimate of drug-likeness (QED) is 0.902. The zero-order valence-corrected chi connectivity index (χ0v) is 13.2. The van der Waals surface area contributed by atoms with E-state index in [1.54, 1.807) is 4.90 Å². The summed E-state index contributed by atoms with van der Waals surface area (Å²) in [6, 6.07) is -0.117. The number of nitrogens with zero attached hydrogens (tertiary/aromatic N) is 3. The molecule has 114 valence electrons. The van der Waals surface area contributed by atoms with Crippen LogP contribution < -0.4 is 0 Å². The fourth-order valence-electron chi connectivity index (χ4n) is 3.51. The second-order valence-electron chi connectivity index (χ2n) is 6.89. The van der Waals surface area contributed by atoms with Crippen LogP contribution in [0.4, 0.5) is 0 Å². The number of carboxylic acids is 1. The second-order valence-corrected chi connectivity index (χ2v) is 7.65. The van der Waals surface area contributed by atoms with Crippen LogP contribution in [0.2, 0.25) is 0 Å². The molecule has 3 heterocycles. The van der Waals surface area contributed by atoms with Crippen molar-refractivity contribution in [3.05, 3.63) is 10.6 Å². The number of rotatable bonds is 2. The molecule has 0 saturated carbocycles. The lowest BCUT2D eigenvalue weighted by Crippen LogP contribution is -2.38. The molecule has 0 aromatic carbocycles. The van der Waals surface area contributed by atoms with Crippen molar-refractivity contribution in [1.29, 1.82) is 0 Å². The van der Waals surface area contributed by atoms with E-state index in [1.807, 2.05) is 20.8 Å². The van der Waals surface area contributed by atoms with Crippen molar-refractivity contribution >= 4 is 23.4 Å². The van der Waals surface area contributed by atoms with Crippen LogP contribution in [0.15, 0.2) is 0 Å². The average molecular weight is 309 g/mol. The SMILES string of the molecule is CC(C)(C)c1nnsc1C(=O)N1C2CCC1C(C(=O)O)C2. The molecule has 1 amide bonds. The Hall–Kier alpha value is -1.50. The van der Waals surface area contributed by atoms with Gasteiger partial charge in [0.1, 0.15) is 4.88 Å². The molecule has 3 rings (SSSR count). The Morgan fingerprint density at radius 1 is 1.33 bits per heavy atom. The second kappa shape index (κ2) is 4.76. The van der Waals surface area contributed by atoms with Crippen LogP contribution >= 0.6 is 11.5 Å². The van der Waals surface area contributed by atoms with Crippen LogP contribution in [0.3, 0.4) is 0 Å². The first-order valence-electron chi connectivity index (χ1n) is 7.19. The monoisotopic (exact) mass is 309 g/mol. The van der Waals surface area contributed by atoms with Gasteiger partial charge in [0.25, 0.3) is 5.91 Å². The molecular formula is C14H19N3O3S. The normalized spacial score (nSPS) is 28.1. The number of hydrogen-bond donors (Lipinski definition) is 1. The molecule has 0 spiro atoms. The van der Waals surface area contributed by atoms with Gasteiger partial charge in [-0.3, -0.25) is 9.59 Å². The van der Waals surface area contributed by atoms with Gasteiger partial charge in [-0.05, 0) is 30.8 Å². The van der Waals surface area contributed by atoms with E-state index in [4.69, 9.17) is 0 Å². The Bertz CT molecular complexity index is 593. The van der Waals surface area contributed by atoms with Crippen LogP contribution in [0, 0.1) is 5.92 Å². The number of carboxylic acid groups (broad SMARTS) is 1. The molecule has 2 aliphatic rings. The highest BCUT2D eigenvalue weighted by Gasteiger charge is 2.52. The lowest BCUT2D eigenvalue weighted by molar-refractivity contribution is -0.142. The number of amides is 1. The Balaban J connectivity index is 1.91. The summed E-state index contributed by atoms with van der Waals surface area (Å²) in [4.78, 5) is 26.5. The summed E-state index contributed by atoms with van der Waals surface area (Å²) in [6.45, 7) is 6.00. The maximum Gasteiger partial charge on any atom is 0.308 e. The third-order valence-electron chi connectivity index (χ3n) is 4.48. The van der Waals surface area contributed by atoms with Gasteiger partial charge < -0.3 is 10.0 Å². The van der Waals surface area contributed by atoms with Crippen LogP contribution in [-0.4, -0.2) is 43.6 Å². The van der Waals surface area contributed by atoms with E-state index in [1.165, 1.54) is 0 Å². The summed E-state index contributed by atoms with van der Waals surface area (Å²) in [7, 11) is 0. The lowest BCUT2D eigenvalue weighted by Gasteiger charge is -2.24. The zero-order chi connectivity index (χ0) is 15.4. The van der Waals surface area contributed by atoms with Crippen molar-refractivity contribution in [2.24, 2.45) is 5.92 Å². The molecule has 2 aliphatic heterocycles. The summed E-state index contributed by atoms with van der Waals surface area (Å²) in [5.74, 6) is -1.31. The lowest BCUT2D eigenvalue weighted by atomic mass is 9.89. The van der Waals surface area contributed by atoms with Gasteiger partial charge in [-0.1, -0.05) is 25.3 Å². The first kappa shape index (κ1) is 14.4. The van der Waals surface area contributed by atoms with Crippen molar-refractivity contribution in [3.8, 4) is 0 Å². The van der Waals surface area contributed by atoms with Crippen molar-refractivity contribution in [2.45, 2.75) is 57.5 Å². The molecule has 0 radical (unpaired) electrons. The molecule has 1 N–H and O–H groups in total. The standard InChI is InChI=1S/C14H19N3O3S/c1-14(2,3)11-10(21-16-15-11)12(18)17-7-4-5-9(17)8(6-7)13(19)20/h7-9H,4-6H2,1-3H3,(H,19,20). The third-order valence-corrected chi connectivity index (χ3v) is 5.20. The molecule has 3 atom stereocenters. The van der Waals surface area contributed by atoms with Crippen molar-refractivity contribution in [2.75, 3.05) is 0 Å². The van der Waals surface area contributed by atoms with Crippen LogP contribution in [0.5, 0.6) is 0 Å². The van der Waals surface area contributed by atoms with Crippen molar-refractivity contribution < 1.29 is 14.7 Å². The first-order chi connectivity index (χ1) is 9.80. The topological polar surface area (TPSA) is 83.4 Å². The highest BCUT2D eigenvalue weighted by atomic mass is 32.1. The molecular weight excluding hydrogens is 290 g/mol. The van der Waals surface area contributed by atoms with Crippen LogP contribution in [-0.2, 0) is 10.2 Å². The summed E-state index contributed by atoms with van der Waals surface area (Å²) in [5, 5.41) is 13.4. The average Bonchev–Trinajstić information content (AvgIpc) is 3.10. The van der Waals surface area contributed by atoms with Gasteiger partial charge in [-0.25, -0.2) is 0 Å². The molecule has 2 bridgehead atoms. The zero-order valence-electron chi connectivity index (χ0n) is 12.4. The Morgan fingerprint density at radius 3 is 2.62 bits per heavy atom. The Morgan fingerprint density at radius 2 is 2.05 bits per heavy atom. The smallest absolute Gasteiger partial charge is 0.308 e. The van der Waals surface area contributed by atoms with Gasteiger partial charge in [-0.15, -0.1) is 5.10 Å². The summed E-state index contributed by atoms with van der Waals surface area (Å²) >= 11 is 1.11. The van der Waals surface area contributed by atoms with Crippen LogP contribution in [0.25, 0.3) is 0 Å². The van der Waals surface area contributed by atoms with E-state index in [-0.39, 0.29) is 23.4 Å². The minimum absolute atomic E-state index is 0.0542. The Labute approximate surface area is 127 Å².